The number of rotatable bonds is 4. The van der Waals surface area contributed by atoms with Crippen molar-refractivity contribution in [3.8, 4) is 11.1 Å². The van der Waals surface area contributed by atoms with Crippen molar-refractivity contribution in [3.63, 3.8) is 0 Å². The molecule has 0 spiro atoms. The molecular weight excluding hydrogens is 259 g/mol. The smallest absolute Gasteiger partial charge is 0.330 e. The summed E-state index contributed by atoms with van der Waals surface area (Å²) in [5, 5.41) is 0. The van der Waals surface area contributed by atoms with Gasteiger partial charge in [-0.05, 0) is 30.7 Å². The van der Waals surface area contributed by atoms with Gasteiger partial charge in [0.1, 0.15) is 12.1 Å². The molecule has 1 heterocycles. The summed E-state index contributed by atoms with van der Waals surface area (Å²) in [6.45, 7) is 2.00. The number of benzene rings is 1. The monoisotopic (exact) mass is 272 g/mol. The van der Waals surface area contributed by atoms with Crippen molar-refractivity contribution in [2.75, 3.05) is 6.61 Å². The Labute approximate surface area is 116 Å². The fraction of sp³-hybridized carbons (Fsp3) is 0.133. The first-order valence-corrected chi connectivity index (χ1v) is 6.10. The summed E-state index contributed by atoms with van der Waals surface area (Å²) in [5.74, 6) is -0.911. The number of hydrogen-bond donors (Lipinski definition) is 0. The molecule has 0 aliphatic rings. The maximum absolute atomic E-state index is 13.7. The molecule has 0 saturated heterocycles. The molecular formula is C15H13FN2O2. The molecule has 0 amide bonds. The van der Waals surface area contributed by atoms with E-state index in [1.807, 2.05) is 0 Å². The molecule has 0 aliphatic heterocycles. The number of hydrogen-bond acceptors (Lipinski definition) is 4. The van der Waals surface area contributed by atoms with Crippen LogP contribution in [0.3, 0.4) is 0 Å². The van der Waals surface area contributed by atoms with Gasteiger partial charge in [-0.3, -0.25) is 0 Å². The minimum atomic E-state index is -0.500. The van der Waals surface area contributed by atoms with Gasteiger partial charge in [0.25, 0.3) is 0 Å². The normalized spacial score (nSPS) is 10.7. The minimum Gasteiger partial charge on any atom is -0.463 e. The van der Waals surface area contributed by atoms with Gasteiger partial charge in [0.15, 0.2) is 0 Å². The molecule has 102 valence electrons. The highest BCUT2D eigenvalue weighted by Crippen LogP contribution is 2.21. The fourth-order valence-electron chi connectivity index (χ4n) is 1.65. The van der Waals surface area contributed by atoms with Gasteiger partial charge in [0, 0.05) is 29.6 Å². The van der Waals surface area contributed by atoms with Crippen molar-refractivity contribution in [1.82, 2.24) is 9.97 Å². The van der Waals surface area contributed by atoms with Gasteiger partial charge in [-0.25, -0.2) is 19.2 Å². The number of nitrogens with zero attached hydrogens (tertiary/aromatic N) is 2. The van der Waals surface area contributed by atoms with Crippen LogP contribution >= 0.6 is 0 Å². The highest BCUT2D eigenvalue weighted by molar-refractivity contribution is 5.87. The van der Waals surface area contributed by atoms with E-state index in [0.717, 1.165) is 11.1 Å². The molecule has 0 fully saturated rings. The zero-order chi connectivity index (χ0) is 14.4. The van der Waals surface area contributed by atoms with E-state index in [1.165, 1.54) is 24.5 Å². The molecule has 0 radical (unpaired) electrons. The number of carbonyl (C=O) groups excluding carboxylic acids is 1. The van der Waals surface area contributed by atoms with E-state index in [9.17, 15) is 9.18 Å². The third-order valence-electron chi connectivity index (χ3n) is 2.58. The Morgan fingerprint density at radius 2 is 2.05 bits per heavy atom. The van der Waals surface area contributed by atoms with Crippen molar-refractivity contribution in [2.45, 2.75) is 6.92 Å². The zero-order valence-electron chi connectivity index (χ0n) is 10.9. The highest BCUT2D eigenvalue weighted by atomic mass is 19.1. The average Bonchev–Trinajstić information content (AvgIpc) is 2.47. The second-order valence-corrected chi connectivity index (χ2v) is 3.95. The Hall–Kier alpha value is -2.56. The molecule has 20 heavy (non-hydrogen) atoms. The largest absolute Gasteiger partial charge is 0.463 e. The first-order valence-electron chi connectivity index (χ1n) is 6.10. The van der Waals surface area contributed by atoms with Gasteiger partial charge in [-0.1, -0.05) is 6.07 Å². The molecule has 0 aliphatic carbocycles. The number of esters is 1. The molecule has 0 unspecified atom stereocenters. The molecule has 1 aromatic carbocycles. The fourth-order valence-corrected chi connectivity index (χ4v) is 1.65. The maximum Gasteiger partial charge on any atom is 0.330 e. The van der Waals surface area contributed by atoms with Crippen LogP contribution in [0.4, 0.5) is 4.39 Å². The van der Waals surface area contributed by atoms with Gasteiger partial charge < -0.3 is 4.74 Å². The molecule has 5 heteroatoms. The molecule has 2 rings (SSSR count). The summed E-state index contributed by atoms with van der Waals surface area (Å²) in [4.78, 5) is 19.1. The number of halogens is 1. The lowest BCUT2D eigenvalue weighted by Crippen LogP contribution is -1.98. The molecule has 1 aromatic heterocycles. The summed E-state index contributed by atoms with van der Waals surface area (Å²) in [7, 11) is 0. The summed E-state index contributed by atoms with van der Waals surface area (Å²) in [6, 6.07) is 4.60. The Morgan fingerprint density at radius 1 is 1.30 bits per heavy atom. The lowest BCUT2D eigenvalue weighted by atomic mass is 10.1. The Morgan fingerprint density at radius 3 is 2.75 bits per heavy atom. The lowest BCUT2D eigenvalue weighted by Gasteiger charge is -2.03. The van der Waals surface area contributed by atoms with Crippen molar-refractivity contribution < 1.29 is 13.9 Å². The summed E-state index contributed by atoms with van der Waals surface area (Å²) in [5.41, 5.74) is 1.85. The van der Waals surface area contributed by atoms with Gasteiger partial charge in [0.05, 0.1) is 6.61 Å². The molecule has 4 nitrogen and oxygen atoms in total. The van der Waals surface area contributed by atoms with E-state index >= 15 is 0 Å². The van der Waals surface area contributed by atoms with Crippen LogP contribution in [0.1, 0.15) is 12.5 Å². The van der Waals surface area contributed by atoms with Crippen LogP contribution in [0, 0.1) is 5.82 Å². The predicted octanol–water partition coefficient (Wildman–Crippen LogP) is 2.86. The van der Waals surface area contributed by atoms with Crippen LogP contribution in [0.25, 0.3) is 17.2 Å². The average molecular weight is 272 g/mol. The first-order chi connectivity index (χ1) is 9.70. The second kappa shape index (κ2) is 6.56. The molecule has 0 saturated carbocycles. The topological polar surface area (TPSA) is 52.1 Å². The van der Waals surface area contributed by atoms with Gasteiger partial charge >= 0.3 is 5.97 Å². The van der Waals surface area contributed by atoms with Crippen molar-refractivity contribution >= 4 is 12.0 Å². The van der Waals surface area contributed by atoms with Crippen LogP contribution < -0.4 is 0 Å². The van der Waals surface area contributed by atoms with E-state index in [-0.39, 0.29) is 6.61 Å². The number of carbonyl (C=O) groups is 1. The van der Waals surface area contributed by atoms with Crippen LogP contribution in [0.15, 0.2) is 43.0 Å². The Balaban J connectivity index is 2.28. The van der Waals surface area contributed by atoms with Crippen LogP contribution in [0.2, 0.25) is 0 Å². The van der Waals surface area contributed by atoms with Crippen LogP contribution in [-0.2, 0) is 9.53 Å². The van der Waals surface area contributed by atoms with Crippen molar-refractivity contribution in [1.29, 1.82) is 0 Å². The van der Waals surface area contributed by atoms with E-state index in [0.29, 0.717) is 5.56 Å². The van der Waals surface area contributed by atoms with Gasteiger partial charge in [0.2, 0.25) is 0 Å². The lowest BCUT2D eigenvalue weighted by molar-refractivity contribution is -0.137. The predicted molar refractivity (Wildman–Crippen MR) is 73.1 cm³/mol. The van der Waals surface area contributed by atoms with E-state index in [4.69, 9.17) is 4.74 Å². The van der Waals surface area contributed by atoms with Gasteiger partial charge in [-0.2, -0.15) is 0 Å². The van der Waals surface area contributed by atoms with Crippen LogP contribution in [-0.4, -0.2) is 22.5 Å². The third-order valence-corrected chi connectivity index (χ3v) is 2.58. The SMILES string of the molecule is CCOC(=O)/C=C/c1cc(-c2cncnc2)ccc1F. The van der Waals surface area contributed by atoms with Gasteiger partial charge in [-0.15, -0.1) is 0 Å². The number of ether oxygens (including phenoxy) is 1. The minimum absolute atomic E-state index is 0.285. The standard InChI is InChI=1S/C15H13FN2O2/c1-2-20-15(19)6-4-12-7-11(3-5-14(12)16)13-8-17-10-18-9-13/h3-10H,2H2,1H3/b6-4+. The quantitative estimate of drug-likeness (QED) is 0.634. The molecule has 2 aromatic rings. The molecule has 0 atom stereocenters. The zero-order valence-corrected chi connectivity index (χ0v) is 10.9. The van der Waals surface area contributed by atoms with E-state index < -0.39 is 11.8 Å². The first kappa shape index (κ1) is 13.9. The van der Waals surface area contributed by atoms with E-state index in [2.05, 4.69) is 9.97 Å². The van der Waals surface area contributed by atoms with Crippen molar-refractivity contribution in [3.05, 3.63) is 54.4 Å². The second-order valence-electron chi connectivity index (χ2n) is 3.95. The molecule has 0 N–H and O–H groups in total. The van der Waals surface area contributed by atoms with Crippen LogP contribution in [0.5, 0.6) is 0 Å². The van der Waals surface area contributed by atoms with E-state index in [1.54, 1.807) is 31.5 Å². The summed E-state index contributed by atoms with van der Waals surface area (Å²) >= 11 is 0. The highest BCUT2D eigenvalue weighted by Gasteiger charge is 2.04. The Bertz CT molecular complexity index is 627. The summed E-state index contributed by atoms with van der Waals surface area (Å²) < 4.78 is 18.4. The van der Waals surface area contributed by atoms with Crippen molar-refractivity contribution in [2.24, 2.45) is 0 Å². The maximum atomic E-state index is 13.7. The number of aromatic nitrogens is 2. The Kier molecular flexibility index (Phi) is 4.55. The third kappa shape index (κ3) is 3.47. The summed E-state index contributed by atoms with van der Waals surface area (Å²) in [6.07, 6.45) is 7.29. The molecule has 0 bridgehead atoms.